The third-order valence-electron chi connectivity index (χ3n) is 5.48. The normalized spacial score (nSPS) is 24.0. The maximum absolute atomic E-state index is 14.2. The van der Waals surface area contributed by atoms with Gasteiger partial charge in [0, 0.05) is 31.7 Å². The van der Waals surface area contributed by atoms with Crippen LogP contribution in [-0.4, -0.2) is 66.9 Å². The molecule has 0 unspecified atom stereocenters. The number of aromatic nitrogens is 1. The smallest absolute Gasteiger partial charge is 0.262 e. The van der Waals surface area contributed by atoms with Crippen molar-refractivity contribution >= 4 is 21.4 Å². The predicted molar refractivity (Wildman–Crippen MR) is 106 cm³/mol. The van der Waals surface area contributed by atoms with Crippen LogP contribution in [0.15, 0.2) is 46.2 Å². The van der Waals surface area contributed by atoms with Crippen molar-refractivity contribution in [3.63, 3.8) is 0 Å². The van der Waals surface area contributed by atoms with Crippen LogP contribution in [0.5, 0.6) is 5.75 Å². The highest BCUT2D eigenvalue weighted by molar-refractivity contribution is 7.91. The molecule has 158 valence electrons. The van der Waals surface area contributed by atoms with Crippen LogP contribution in [0.25, 0.3) is 0 Å². The molecule has 0 radical (unpaired) electrons. The van der Waals surface area contributed by atoms with Crippen LogP contribution in [0.4, 0.5) is 8.78 Å². The fourth-order valence-corrected chi connectivity index (χ4v) is 6.70. The molecular formula is C19H23F2N3O3S2. The number of piperidine rings is 1. The van der Waals surface area contributed by atoms with Crippen molar-refractivity contribution in [3.05, 3.63) is 42.0 Å². The first-order valence-electron chi connectivity index (χ1n) is 9.55. The molecule has 0 N–H and O–H groups in total. The van der Waals surface area contributed by atoms with Crippen molar-refractivity contribution in [2.75, 3.05) is 26.2 Å². The van der Waals surface area contributed by atoms with Gasteiger partial charge < -0.3 is 4.74 Å². The second kappa shape index (κ2) is 8.25. The molecule has 0 saturated carbocycles. The standard InChI is InChI=1S/C19H23F2N3O3S2/c20-19(21)11-16(13-27-17-3-1-7-22-12-17)24(14-19)15-5-8-23(9-6-15)29(25,26)18-4-2-10-28-18/h1-4,7,10,12,15-16H,5-6,8-9,11,13-14H2/t16-/m0/s1. The maximum atomic E-state index is 14.2. The van der Waals surface area contributed by atoms with Crippen molar-refractivity contribution in [1.29, 1.82) is 0 Å². The molecule has 0 aliphatic carbocycles. The number of halogens is 2. The molecule has 4 rings (SSSR count). The van der Waals surface area contributed by atoms with Crippen LogP contribution in [0, 0.1) is 0 Å². The van der Waals surface area contributed by atoms with Crippen molar-refractivity contribution in [1.82, 2.24) is 14.2 Å². The Balaban J connectivity index is 1.39. The zero-order chi connectivity index (χ0) is 20.5. The number of hydrogen-bond acceptors (Lipinski definition) is 6. The van der Waals surface area contributed by atoms with Gasteiger partial charge in [0.15, 0.2) is 0 Å². The van der Waals surface area contributed by atoms with E-state index >= 15 is 0 Å². The molecule has 2 fully saturated rings. The molecule has 6 nitrogen and oxygen atoms in total. The highest BCUT2D eigenvalue weighted by Gasteiger charge is 2.48. The third kappa shape index (κ3) is 4.60. The molecule has 0 amide bonds. The molecule has 2 aromatic heterocycles. The summed E-state index contributed by atoms with van der Waals surface area (Å²) in [6.45, 7) is 0.526. The number of nitrogens with zero attached hydrogens (tertiary/aromatic N) is 3. The zero-order valence-corrected chi connectivity index (χ0v) is 17.4. The van der Waals surface area contributed by atoms with Gasteiger partial charge in [-0.05, 0) is 36.4 Å². The van der Waals surface area contributed by atoms with E-state index in [9.17, 15) is 17.2 Å². The summed E-state index contributed by atoms with van der Waals surface area (Å²) in [5, 5.41) is 1.73. The summed E-state index contributed by atoms with van der Waals surface area (Å²) < 4.78 is 61.2. The van der Waals surface area contributed by atoms with Crippen LogP contribution >= 0.6 is 11.3 Å². The lowest BCUT2D eigenvalue weighted by Gasteiger charge is -2.38. The van der Waals surface area contributed by atoms with Gasteiger partial charge in [-0.25, -0.2) is 17.2 Å². The van der Waals surface area contributed by atoms with E-state index in [1.54, 1.807) is 42.0 Å². The molecule has 1 atom stereocenters. The van der Waals surface area contributed by atoms with E-state index in [1.165, 1.54) is 15.6 Å². The Bertz CT molecular complexity index is 902. The van der Waals surface area contributed by atoms with Gasteiger partial charge in [-0.3, -0.25) is 9.88 Å². The summed E-state index contributed by atoms with van der Waals surface area (Å²) >= 11 is 1.19. The van der Waals surface area contributed by atoms with E-state index in [0.717, 1.165) is 0 Å². The number of thiophene rings is 1. The first-order valence-corrected chi connectivity index (χ1v) is 11.9. The van der Waals surface area contributed by atoms with Crippen LogP contribution in [0.3, 0.4) is 0 Å². The molecule has 0 bridgehead atoms. The molecule has 2 aliphatic rings. The molecule has 2 saturated heterocycles. The van der Waals surface area contributed by atoms with Gasteiger partial charge in [0.1, 0.15) is 16.6 Å². The third-order valence-corrected chi connectivity index (χ3v) is 8.75. The summed E-state index contributed by atoms with van der Waals surface area (Å²) in [4.78, 5) is 5.78. The summed E-state index contributed by atoms with van der Waals surface area (Å²) in [7, 11) is -3.49. The quantitative estimate of drug-likeness (QED) is 0.687. The van der Waals surface area contributed by atoms with Crippen molar-refractivity contribution < 1.29 is 21.9 Å². The van der Waals surface area contributed by atoms with Crippen molar-refractivity contribution in [2.24, 2.45) is 0 Å². The van der Waals surface area contributed by atoms with E-state index < -0.39 is 22.0 Å². The monoisotopic (exact) mass is 443 g/mol. The van der Waals surface area contributed by atoms with Gasteiger partial charge in [-0.15, -0.1) is 11.3 Å². The van der Waals surface area contributed by atoms with Crippen LogP contribution < -0.4 is 4.74 Å². The molecule has 0 aromatic carbocycles. The Kier molecular flexibility index (Phi) is 5.87. The number of likely N-dealkylation sites (tertiary alicyclic amines) is 1. The van der Waals surface area contributed by atoms with Gasteiger partial charge in [0.25, 0.3) is 15.9 Å². The Morgan fingerprint density at radius 3 is 2.69 bits per heavy atom. The first-order chi connectivity index (χ1) is 13.9. The average Bonchev–Trinajstić information content (AvgIpc) is 3.35. The van der Waals surface area contributed by atoms with Gasteiger partial charge >= 0.3 is 0 Å². The second-order valence-corrected chi connectivity index (χ2v) is 10.6. The summed E-state index contributed by atoms with van der Waals surface area (Å²) in [5.74, 6) is -2.21. The van der Waals surface area contributed by atoms with Gasteiger partial charge in [0.2, 0.25) is 0 Å². The minimum Gasteiger partial charge on any atom is -0.490 e. The lowest BCUT2D eigenvalue weighted by atomic mass is 10.0. The summed E-state index contributed by atoms with van der Waals surface area (Å²) in [5.41, 5.74) is 0. The molecule has 10 heteroatoms. The fraction of sp³-hybridized carbons (Fsp3) is 0.526. The lowest BCUT2D eigenvalue weighted by Crippen LogP contribution is -2.49. The fourth-order valence-electron chi connectivity index (χ4n) is 4.08. The first kappa shape index (κ1) is 20.6. The SMILES string of the molecule is O=S(=O)(c1cccs1)N1CCC(N2CC(F)(F)C[C@H]2COc2cccnc2)CC1. The van der Waals surface area contributed by atoms with Crippen molar-refractivity contribution in [3.8, 4) is 5.75 Å². The topological polar surface area (TPSA) is 62.7 Å². The Labute approximate surface area is 173 Å². The Morgan fingerprint density at radius 1 is 1.24 bits per heavy atom. The number of alkyl halides is 2. The van der Waals surface area contributed by atoms with E-state index in [4.69, 9.17) is 4.74 Å². The number of pyridine rings is 1. The largest absolute Gasteiger partial charge is 0.490 e. The van der Waals surface area contributed by atoms with Crippen LogP contribution in [-0.2, 0) is 10.0 Å². The molecular weight excluding hydrogens is 420 g/mol. The average molecular weight is 444 g/mol. The van der Waals surface area contributed by atoms with Gasteiger partial charge in [0.05, 0.1) is 18.8 Å². The van der Waals surface area contributed by atoms with E-state index in [1.807, 2.05) is 4.90 Å². The van der Waals surface area contributed by atoms with Gasteiger partial charge in [-0.1, -0.05) is 6.07 Å². The Morgan fingerprint density at radius 2 is 2.03 bits per heavy atom. The molecule has 0 spiro atoms. The van der Waals surface area contributed by atoms with Gasteiger partial charge in [-0.2, -0.15) is 4.31 Å². The number of hydrogen-bond donors (Lipinski definition) is 0. The number of rotatable bonds is 6. The second-order valence-electron chi connectivity index (χ2n) is 7.45. The lowest BCUT2D eigenvalue weighted by molar-refractivity contribution is 0.00467. The molecule has 29 heavy (non-hydrogen) atoms. The minimum atomic E-state index is -3.49. The molecule has 2 aliphatic heterocycles. The summed E-state index contributed by atoms with van der Waals surface area (Å²) in [6.07, 6.45) is 4.00. The van der Waals surface area contributed by atoms with E-state index in [-0.39, 0.29) is 25.6 Å². The number of sulfonamides is 1. The predicted octanol–water partition coefficient (Wildman–Crippen LogP) is 3.08. The maximum Gasteiger partial charge on any atom is 0.262 e. The van der Waals surface area contributed by atoms with E-state index in [2.05, 4.69) is 4.98 Å². The highest BCUT2D eigenvalue weighted by Crippen LogP contribution is 2.36. The van der Waals surface area contributed by atoms with Crippen molar-refractivity contribution in [2.45, 2.75) is 41.5 Å². The Hall–Kier alpha value is -1.62. The minimum absolute atomic E-state index is 0.0827. The van der Waals surface area contributed by atoms with E-state index in [0.29, 0.717) is 35.9 Å². The molecule has 2 aromatic rings. The van der Waals surface area contributed by atoms with Crippen LogP contribution in [0.1, 0.15) is 19.3 Å². The zero-order valence-electron chi connectivity index (χ0n) is 15.8. The highest BCUT2D eigenvalue weighted by atomic mass is 32.2. The van der Waals surface area contributed by atoms with Crippen LogP contribution in [0.2, 0.25) is 0 Å². The molecule has 4 heterocycles. The number of ether oxygens (including phenoxy) is 1. The summed E-state index contributed by atoms with van der Waals surface area (Å²) in [6, 6.07) is 6.30.